The van der Waals surface area contributed by atoms with Crippen molar-refractivity contribution in [3.8, 4) is 11.8 Å². The molecule has 3 atom stereocenters. The molecule has 26 heavy (non-hydrogen) atoms. The number of carbonyl (C=O) groups is 1. The normalized spacial score (nSPS) is 23.5. The molecule has 6 nitrogen and oxygen atoms in total. The van der Waals surface area contributed by atoms with Gasteiger partial charge in [-0.3, -0.25) is 4.79 Å². The Morgan fingerprint density at radius 2 is 2.15 bits per heavy atom. The molecule has 0 saturated carbocycles. The number of ether oxygens (including phenoxy) is 1. The van der Waals surface area contributed by atoms with E-state index in [9.17, 15) is 4.79 Å². The Labute approximate surface area is 152 Å². The van der Waals surface area contributed by atoms with Gasteiger partial charge >= 0.3 is 0 Å². The molecule has 4 rings (SSSR count). The fourth-order valence-electron chi connectivity index (χ4n) is 3.93. The lowest BCUT2D eigenvalue weighted by atomic mass is 9.77. The molecule has 1 aliphatic carbocycles. The Bertz CT molecular complexity index is 890. The molecule has 1 saturated heterocycles. The lowest BCUT2D eigenvalue weighted by Crippen LogP contribution is -2.42. The Balaban J connectivity index is 1.51. The number of nitrogens with one attached hydrogen (secondary N) is 3. The summed E-state index contributed by atoms with van der Waals surface area (Å²) in [4.78, 5) is 12.8. The second-order valence-electron chi connectivity index (χ2n) is 6.69. The van der Waals surface area contributed by atoms with Crippen LogP contribution in [0.4, 0.5) is 5.69 Å². The van der Waals surface area contributed by atoms with Gasteiger partial charge in [0.15, 0.2) is 0 Å². The lowest BCUT2D eigenvalue weighted by Gasteiger charge is -2.29. The highest BCUT2D eigenvalue weighted by Gasteiger charge is 2.43. The first kappa shape index (κ1) is 16.6. The van der Waals surface area contributed by atoms with E-state index >= 15 is 0 Å². The molecule has 0 aromatic heterocycles. The minimum absolute atomic E-state index is 0.0861. The van der Waals surface area contributed by atoms with Gasteiger partial charge in [0.25, 0.3) is 0 Å². The molecule has 2 aromatic rings. The highest BCUT2D eigenvalue weighted by atomic mass is 16.5. The standard InChI is InChI=1S/C20H20N4O2/c1-26-15-6-8-16-13(10-15)5-7-17-18(16)23-24-19(17)20(25)22-14-4-2-3-12(9-14)11-21/h2-4,6,8-10,17-19,23-24H,5,7H2,1H3,(H,22,25). The van der Waals surface area contributed by atoms with Crippen LogP contribution in [0.25, 0.3) is 0 Å². The first-order valence-corrected chi connectivity index (χ1v) is 8.68. The minimum atomic E-state index is -0.319. The third kappa shape index (κ3) is 2.92. The SMILES string of the molecule is COc1ccc2c(c1)CCC1C(C(=O)Nc3cccc(C#N)c3)NNC21. The summed E-state index contributed by atoms with van der Waals surface area (Å²) < 4.78 is 5.31. The second kappa shape index (κ2) is 6.79. The average molecular weight is 348 g/mol. The summed E-state index contributed by atoms with van der Waals surface area (Å²) in [5.41, 5.74) is 10.1. The summed E-state index contributed by atoms with van der Waals surface area (Å²) in [6, 6.07) is 14.9. The Morgan fingerprint density at radius 1 is 1.27 bits per heavy atom. The number of carbonyl (C=O) groups excluding carboxylic acids is 1. The van der Waals surface area contributed by atoms with E-state index in [2.05, 4.69) is 34.4 Å². The number of rotatable bonds is 3. The largest absolute Gasteiger partial charge is 0.497 e. The van der Waals surface area contributed by atoms with E-state index in [0.717, 1.165) is 18.6 Å². The number of fused-ring (bicyclic) bond motifs is 3. The molecule has 1 heterocycles. The molecule has 3 unspecified atom stereocenters. The van der Waals surface area contributed by atoms with Crippen LogP contribution in [0.3, 0.4) is 0 Å². The summed E-state index contributed by atoms with van der Waals surface area (Å²) in [6.07, 6.45) is 1.84. The highest BCUT2D eigenvalue weighted by Crippen LogP contribution is 2.40. The molecule has 2 aromatic carbocycles. The maximum Gasteiger partial charge on any atom is 0.243 e. The number of hydrazine groups is 1. The smallest absolute Gasteiger partial charge is 0.243 e. The predicted octanol–water partition coefficient (Wildman–Crippen LogP) is 2.29. The Morgan fingerprint density at radius 3 is 2.96 bits per heavy atom. The minimum Gasteiger partial charge on any atom is -0.497 e. The van der Waals surface area contributed by atoms with Crippen molar-refractivity contribution in [3.05, 3.63) is 59.2 Å². The molecular weight excluding hydrogens is 328 g/mol. The fraction of sp³-hybridized carbons (Fsp3) is 0.300. The zero-order valence-electron chi connectivity index (χ0n) is 14.5. The molecule has 2 aliphatic rings. The topological polar surface area (TPSA) is 86.2 Å². The van der Waals surface area contributed by atoms with Crippen LogP contribution < -0.4 is 20.9 Å². The zero-order valence-corrected chi connectivity index (χ0v) is 14.5. The van der Waals surface area contributed by atoms with Crippen molar-refractivity contribution < 1.29 is 9.53 Å². The number of anilines is 1. The van der Waals surface area contributed by atoms with Crippen LogP contribution in [0.5, 0.6) is 5.75 Å². The molecule has 1 aliphatic heterocycles. The third-order valence-electron chi connectivity index (χ3n) is 5.22. The molecule has 6 heteroatoms. The van der Waals surface area contributed by atoms with Gasteiger partial charge in [0.05, 0.1) is 24.8 Å². The van der Waals surface area contributed by atoms with Gasteiger partial charge in [-0.2, -0.15) is 5.26 Å². The van der Waals surface area contributed by atoms with Gasteiger partial charge in [-0.1, -0.05) is 12.1 Å². The third-order valence-corrected chi connectivity index (χ3v) is 5.22. The van der Waals surface area contributed by atoms with Crippen molar-refractivity contribution >= 4 is 11.6 Å². The first-order valence-electron chi connectivity index (χ1n) is 8.68. The van der Waals surface area contributed by atoms with Crippen LogP contribution in [0.2, 0.25) is 0 Å². The quantitative estimate of drug-likeness (QED) is 0.792. The summed E-state index contributed by atoms with van der Waals surface area (Å²) in [5.74, 6) is 0.951. The van der Waals surface area contributed by atoms with Gasteiger partial charge in [0, 0.05) is 11.6 Å². The van der Waals surface area contributed by atoms with Crippen molar-refractivity contribution in [1.29, 1.82) is 5.26 Å². The first-order chi connectivity index (χ1) is 12.7. The molecule has 0 spiro atoms. The predicted molar refractivity (Wildman–Crippen MR) is 97.4 cm³/mol. The van der Waals surface area contributed by atoms with Gasteiger partial charge in [-0.25, -0.2) is 10.9 Å². The maximum absolute atomic E-state index is 12.8. The van der Waals surface area contributed by atoms with Crippen molar-refractivity contribution in [2.24, 2.45) is 5.92 Å². The number of nitrogens with zero attached hydrogens (tertiary/aromatic N) is 1. The van der Waals surface area contributed by atoms with Crippen LogP contribution in [0.1, 0.15) is 29.2 Å². The lowest BCUT2D eigenvalue weighted by molar-refractivity contribution is -0.118. The molecule has 132 valence electrons. The average Bonchev–Trinajstić information content (AvgIpc) is 3.12. The zero-order chi connectivity index (χ0) is 18.1. The number of hydrogen-bond donors (Lipinski definition) is 3. The molecule has 0 radical (unpaired) electrons. The summed E-state index contributed by atoms with van der Waals surface area (Å²) >= 11 is 0. The van der Waals surface area contributed by atoms with Gasteiger partial charge in [0.1, 0.15) is 11.8 Å². The Kier molecular flexibility index (Phi) is 4.33. The monoisotopic (exact) mass is 348 g/mol. The van der Waals surface area contributed by atoms with Gasteiger partial charge in [-0.15, -0.1) is 0 Å². The van der Waals surface area contributed by atoms with Gasteiger partial charge < -0.3 is 10.1 Å². The number of nitriles is 1. The van der Waals surface area contributed by atoms with Gasteiger partial charge in [-0.05, 0) is 54.3 Å². The van der Waals surface area contributed by atoms with Crippen molar-refractivity contribution in [1.82, 2.24) is 10.9 Å². The van der Waals surface area contributed by atoms with E-state index in [1.165, 1.54) is 11.1 Å². The maximum atomic E-state index is 12.8. The van der Waals surface area contributed by atoms with Crippen LogP contribution in [0, 0.1) is 17.2 Å². The van der Waals surface area contributed by atoms with Crippen molar-refractivity contribution in [2.45, 2.75) is 24.9 Å². The number of hydrogen-bond acceptors (Lipinski definition) is 5. The van der Waals surface area contributed by atoms with Crippen LogP contribution in [-0.4, -0.2) is 19.1 Å². The van der Waals surface area contributed by atoms with E-state index in [-0.39, 0.29) is 23.9 Å². The Hall–Kier alpha value is -2.88. The van der Waals surface area contributed by atoms with Gasteiger partial charge in [0.2, 0.25) is 5.91 Å². The number of methoxy groups -OCH3 is 1. The number of aryl methyl sites for hydroxylation is 1. The van der Waals surface area contributed by atoms with Crippen LogP contribution >= 0.6 is 0 Å². The van der Waals surface area contributed by atoms with E-state index in [4.69, 9.17) is 10.00 Å². The molecule has 1 fully saturated rings. The van der Waals surface area contributed by atoms with Crippen LogP contribution in [0.15, 0.2) is 42.5 Å². The molecule has 0 bridgehead atoms. The summed E-state index contributed by atoms with van der Waals surface area (Å²) in [5, 5.41) is 11.9. The van der Waals surface area contributed by atoms with E-state index in [1.807, 2.05) is 6.07 Å². The number of benzene rings is 2. The molecular formula is C20H20N4O2. The highest BCUT2D eigenvalue weighted by molar-refractivity contribution is 5.95. The van der Waals surface area contributed by atoms with E-state index in [1.54, 1.807) is 31.4 Å². The molecule has 1 amide bonds. The molecule has 3 N–H and O–H groups in total. The van der Waals surface area contributed by atoms with E-state index in [0.29, 0.717) is 11.3 Å². The second-order valence-corrected chi connectivity index (χ2v) is 6.69. The van der Waals surface area contributed by atoms with Crippen LogP contribution in [-0.2, 0) is 11.2 Å². The van der Waals surface area contributed by atoms with Crippen molar-refractivity contribution in [3.63, 3.8) is 0 Å². The summed E-state index contributed by atoms with van der Waals surface area (Å²) in [7, 11) is 1.67. The van der Waals surface area contributed by atoms with Crippen molar-refractivity contribution in [2.75, 3.05) is 12.4 Å². The fourth-order valence-corrected chi connectivity index (χ4v) is 3.93. The van der Waals surface area contributed by atoms with E-state index < -0.39 is 0 Å². The number of amides is 1. The summed E-state index contributed by atoms with van der Waals surface area (Å²) in [6.45, 7) is 0.